The predicted molar refractivity (Wildman–Crippen MR) is 120 cm³/mol. The third-order valence-corrected chi connectivity index (χ3v) is 7.92. The molecule has 3 saturated heterocycles. The van der Waals surface area contributed by atoms with E-state index < -0.39 is 0 Å². The van der Waals surface area contributed by atoms with Gasteiger partial charge in [0.2, 0.25) is 5.91 Å². The van der Waals surface area contributed by atoms with E-state index in [0.717, 1.165) is 32.1 Å². The minimum absolute atomic E-state index is 0.159. The average Bonchev–Trinajstić information content (AvgIpc) is 3.29. The van der Waals surface area contributed by atoms with Gasteiger partial charge in [0, 0.05) is 44.7 Å². The van der Waals surface area contributed by atoms with Crippen LogP contribution in [0.15, 0.2) is 30.3 Å². The highest BCUT2D eigenvalue weighted by molar-refractivity contribution is 7.99. The molecule has 6 nitrogen and oxygen atoms in total. The first-order valence-electron chi connectivity index (χ1n) is 10.8. The highest BCUT2D eigenvalue weighted by Crippen LogP contribution is 2.47. The molecule has 4 rings (SSSR count). The Morgan fingerprint density at radius 1 is 1.23 bits per heavy atom. The van der Waals surface area contributed by atoms with E-state index in [4.69, 9.17) is 14.6 Å². The summed E-state index contributed by atoms with van der Waals surface area (Å²) < 4.78 is 5.11. The highest BCUT2D eigenvalue weighted by atomic mass is 32.2. The summed E-state index contributed by atoms with van der Waals surface area (Å²) in [5, 5.41) is 6.89. The van der Waals surface area contributed by atoms with E-state index in [1.165, 1.54) is 42.9 Å². The van der Waals surface area contributed by atoms with Gasteiger partial charge in [0.25, 0.3) is 6.47 Å². The van der Waals surface area contributed by atoms with Gasteiger partial charge in [-0.2, -0.15) is 11.8 Å². The van der Waals surface area contributed by atoms with E-state index in [2.05, 4.69) is 51.9 Å². The molecule has 1 aromatic carbocycles. The molecule has 1 N–H and O–H groups in total. The monoisotopic (exact) mass is 434 g/mol. The molecular formula is C23H34N2O4S. The van der Waals surface area contributed by atoms with E-state index in [0.29, 0.717) is 5.92 Å². The van der Waals surface area contributed by atoms with Crippen LogP contribution in [0.5, 0.6) is 0 Å². The van der Waals surface area contributed by atoms with Crippen molar-refractivity contribution >= 4 is 24.1 Å². The van der Waals surface area contributed by atoms with E-state index >= 15 is 0 Å². The predicted octanol–water partition coefficient (Wildman–Crippen LogP) is 2.62. The molecule has 7 heteroatoms. The van der Waals surface area contributed by atoms with Crippen molar-refractivity contribution < 1.29 is 19.4 Å². The molecule has 0 radical (unpaired) electrons. The molecule has 3 heterocycles. The number of aryl methyl sites for hydroxylation is 1. The smallest absolute Gasteiger partial charge is 0.290 e. The standard InChI is InChI=1S/C22H32N2O2S.CH2O2/c1-26-15-21(25)24-14-19-13-23(20-8-11-27-12-9-20)16-22(19,17-24)10-7-18-5-3-2-4-6-18;2-1-3/h2-6,19-20H,7-17H2,1H3;1H,(H,2,3). The Hall–Kier alpha value is -1.57. The third-order valence-electron chi connectivity index (χ3n) is 6.87. The fourth-order valence-electron chi connectivity index (χ4n) is 5.35. The summed E-state index contributed by atoms with van der Waals surface area (Å²) in [6, 6.07) is 11.6. The van der Waals surface area contributed by atoms with Gasteiger partial charge < -0.3 is 14.7 Å². The molecule has 0 saturated carbocycles. The van der Waals surface area contributed by atoms with Gasteiger partial charge in [-0.25, -0.2) is 0 Å². The summed E-state index contributed by atoms with van der Waals surface area (Å²) in [7, 11) is 1.61. The first-order valence-corrected chi connectivity index (χ1v) is 12.0. The number of hydrogen-bond donors (Lipinski definition) is 1. The van der Waals surface area contributed by atoms with Crippen molar-refractivity contribution in [2.75, 3.05) is 51.4 Å². The number of ether oxygens (including phenoxy) is 1. The highest BCUT2D eigenvalue weighted by Gasteiger charge is 2.53. The Bertz CT molecular complexity index is 683. The number of benzene rings is 1. The van der Waals surface area contributed by atoms with Crippen molar-refractivity contribution in [1.29, 1.82) is 0 Å². The largest absolute Gasteiger partial charge is 0.483 e. The molecular weight excluding hydrogens is 400 g/mol. The molecule has 3 fully saturated rings. The molecule has 0 aliphatic carbocycles. The quantitative estimate of drug-likeness (QED) is 0.694. The lowest BCUT2D eigenvalue weighted by molar-refractivity contribution is -0.134. The Morgan fingerprint density at radius 3 is 2.60 bits per heavy atom. The Labute approximate surface area is 183 Å². The van der Waals surface area contributed by atoms with Crippen LogP contribution in [0.25, 0.3) is 0 Å². The number of rotatable bonds is 6. The number of nitrogens with zero attached hydrogens (tertiary/aromatic N) is 2. The number of amides is 1. The summed E-state index contributed by atoms with van der Waals surface area (Å²) in [6.07, 6.45) is 4.95. The molecule has 0 bridgehead atoms. The molecule has 30 heavy (non-hydrogen) atoms. The van der Waals surface area contributed by atoms with Gasteiger partial charge in [-0.3, -0.25) is 14.5 Å². The number of carboxylic acid groups (broad SMARTS) is 1. The van der Waals surface area contributed by atoms with Crippen molar-refractivity contribution in [3.05, 3.63) is 35.9 Å². The maximum atomic E-state index is 12.5. The normalized spacial score (nSPS) is 26.7. The molecule has 3 aliphatic heterocycles. The minimum Gasteiger partial charge on any atom is -0.483 e. The van der Waals surface area contributed by atoms with Crippen LogP contribution in [0, 0.1) is 11.3 Å². The fraction of sp³-hybridized carbons (Fsp3) is 0.652. The van der Waals surface area contributed by atoms with Gasteiger partial charge >= 0.3 is 0 Å². The fourth-order valence-corrected chi connectivity index (χ4v) is 6.43. The summed E-state index contributed by atoms with van der Waals surface area (Å²) in [6.45, 7) is 4.11. The number of hydrogen-bond acceptors (Lipinski definition) is 5. The van der Waals surface area contributed by atoms with Gasteiger partial charge in [0.15, 0.2) is 0 Å². The Balaban J connectivity index is 0.000000806. The van der Waals surface area contributed by atoms with Crippen molar-refractivity contribution in [1.82, 2.24) is 9.80 Å². The number of likely N-dealkylation sites (tertiary alicyclic amines) is 2. The summed E-state index contributed by atoms with van der Waals surface area (Å²) in [5.41, 5.74) is 1.67. The Kier molecular flexibility index (Phi) is 8.60. The van der Waals surface area contributed by atoms with Gasteiger partial charge in [-0.1, -0.05) is 30.3 Å². The zero-order chi connectivity index (χ0) is 21.4. The summed E-state index contributed by atoms with van der Waals surface area (Å²) in [5.74, 6) is 3.38. The van der Waals surface area contributed by atoms with Crippen molar-refractivity contribution in [2.45, 2.75) is 31.7 Å². The van der Waals surface area contributed by atoms with Crippen molar-refractivity contribution in [2.24, 2.45) is 11.3 Å². The Morgan fingerprint density at radius 2 is 1.93 bits per heavy atom. The van der Waals surface area contributed by atoms with Gasteiger partial charge in [-0.15, -0.1) is 0 Å². The number of fused-ring (bicyclic) bond motifs is 1. The van der Waals surface area contributed by atoms with Crippen molar-refractivity contribution in [3.63, 3.8) is 0 Å². The first kappa shape index (κ1) is 23.1. The van der Waals surface area contributed by atoms with E-state index in [1.54, 1.807) is 7.11 Å². The molecule has 2 atom stereocenters. The summed E-state index contributed by atoms with van der Waals surface area (Å²) in [4.78, 5) is 25.7. The van der Waals surface area contributed by atoms with E-state index in [1.807, 2.05) is 0 Å². The SMILES string of the molecule is COCC(=O)N1CC2CN(C3CCSCC3)CC2(CCc2ccccc2)C1.O=CO. The second kappa shape index (κ2) is 11.2. The van der Waals surface area contributed by atoms with Gasteiger partial charge in [0.1, 0.15) is 6.61 Å². The molecule has 3 aliphatic rings. The number of carbonyl (C=O) groups excluding carboxylic acids is 1. The minimum atomic E-state index is -0.250. The molecule has 1 aromatic rings. The molecule has 2 unspecified atom stereocenters. The van der Waals surface area contributed by atoms with Crippen LogP contribution < -0.4 is 0 Å². The second-order valence-corrected chi connectivity index (χ2v) is 9.86. The number of carbonyl (C=O) groups is 2. The van der Waals surface area contributed by atoms with Crippen LogP contribution >= 0.6 is 11.8 Å². The van der Waals surface area contributed by atoms with Crippen molar-refractivity contribution in [3.8, 4) is 0 Å². The van der Waals surface area contributed by atoms with Crippen LogP contribution in [0.4, 0.5) is 0 Å². The first-order chi connectivity index (χ1) is 14.6. The van der Waals surface area contributed by atoms with Crippen LogP contribution in [-0.2, 0) is 20.7 Å². The van der Waals surface area contributed by atoms with Crippen LogP contribution in [0.3, 0.4) is 0 Å². The molecule has 0 spiro atoms. The zero-order valence-corrected chi connectivity index (χ0v) is 18.7. The lowest BCUT2D eigenvalue weighted by Crippen LogP contribution is -2.42. The summed E-state index contributed by atoms with van der Waals surface area (Å²) >= 11 is 2.10. The van der Waals surface area contributed by atoms with Crippen LogP contribution in [0.1, 0.15) is 24.8 Å². The maximum Gasteiger partial charge on any atom is 0.290 e. The number of methoxy groups -OCH3 is 1. The number of thioether (sulfide) groups is 1. The second-order valence-electron chi connectivity index (χ2n) is 8.63. The lowest BCUT2D eigenvalue weighted by Gasteiger charge is -2.34. The van der Waals surface area contributed by atoms with Crippen LogP contribution in [0.2, 0.25) is 0 Å². The van der Waals surface area contributed by atoms with Crippen LogP contribution in [-0.4, -0.2) is 84.7 Å². The van der Waals surface area contributed by atoms with Gasteiger partial charge in [-0.05, 0) is 48.7 Å². The third kappa shape index (κ3) is 5.56. The zero-order valence-electron chi connectivity index (χ0n) is 17.9. The maximum absolute atomic E-state index is 12.5. The van der Waals surface area contributed by atoms with Gasteiger partial charge in [0.05, 0.1) is 0 Å². The lowest BCUT2D eigenvalue weighted by atomic mass is 9.76. The van der Waals surface area contributed by atoms with E-state index in [9.17, 15) is 4.79 Å². The molecule has 0 aromatic heterocycles. The molecule has 166 valence electrons. The van der Waals surface area contributed by atoms with E-state index in [-0.39, 0.29) is 24.4 Å². The molecule has 1 amide bonds. The topological polar surface area (TPSA) is 70.1 Å². The average molecular weight is 435 g/mol.